The van der Waals surface area contributed by atoms with Crippen molar-refractivity contribution >= 4 is 0 Å². The van der Waals surface area contributed by atoms with Crippen molar-refractivity contribution in [2.75, 3.05) is 0 Å². The van der Waals surface area contributed by atoms with Gasteiger partial charge in [0.05, 0.1) is 0 Å². The van der Waals surface area contributed by atoms with Gasteiger partial charge in [-0.1, -0.05) is 37.3 Å². The summed E-state index contributed by atoms with van der Waals surface area (Å²) in [4.78, 5) is 0. The Labute approximate surface area is 121 Å². The first kappa shape index (κ1) is 14.6. The number of para-hydroxylation sites is 1. The van der Waals surface area contributed by atoms with Gasteiger partial charge in [-0.15, -0.1) is 0 Å². The van der Waals surface area contributed by atoms with Crippen LogP contribution in [0.5, 0.6) is 11.5 Å². The molecule has 0 aliphatic rings. The van der Waals surface area contributed by atoms with E-state index in [1.54, 1.807) is 0 Å². The van der Waals surface area contributed by atoms with Crippen LogP contribution in [0.25, 0.3) is 0 Å². The summed E-state index contributed by atoms with van der Waals surface area (Å²) in [5, 5.41) is 0. The van der Waals surface area contributed by atoms with Crippen molar-refractivity contribution in [2.45, 2.75) is 40.2 Å². The Morgan fingerprint density at radius 3 is 2.35 bits per heavy atom. The molecule has 0 aliphatic heterocycles. The molecule has 2 N–H and O–H groups in total. The van der Waals surface area contributed by atoms with Crippen molar-refractivity contribution in [1.29, 1.82) is 0 Å². The van der Waals surface area contributed by atoms with Crippen LogP contribution in [0.4, 0.5) is 0 Å². The number of aryl methyl sites for hydroxylation is 2. The van der Waals surface area contributed by atoms with E-state index < -0.39 is 0 Å². The van der Waals surface area contributed by atoms with E-state index in [0.717, 1.165) is 29.0 Å². The SMILES string of the molecule is CC[C@@H](N)c1ccccc1Oc1c(C)ccc(C)c1C. The summed E-state index contributed by atoms with van der Waals surface area (Å²) in [6.07, 6.45) is 0.895. The van der Waals surface area contributed by atoms with Crippen LogP contribution in [0.1, 0.15) is 41.6 Å². The molecule has 0 bridgehead atoms. The Balaban J connectivity index is 2.43. The molecule has 20 heavy (non-hydrogen) atoms. The van der Waals surface area contributed by atoms with E-state index in [2.05, 4.69) is 39.8 Å². The molecule has 2 heteroatoms. The Morgan fingerprint density at radius 2 is 1.65 bits per heavy atom. The number of ether oxygens (including phenoxy) is 1. The first-order valence-electron chi connectivity index (χ1n) is 7.13. The van der Waals surface area contributed by atoms with E-state index in [1.807, 2.05) is 24.3 Å². The highest BCUT2D eigenvalue weighted by atomic mass is 16.5. The second-order valence-corrected chi connectivity index (χ2v) is 5.31. The molecule has 0 radical (unpaired) electrons. The van der Waals surface area contributed by atoms with Crippen molar-refractivity contribution in [3.63, 3.8) is 0 Å². The molecule has 1 atom stereocenters. The third-order valence-electron chi connectivity index (χ3n) is 3.84. The molecule has 0 saturated heterocycles. The van der Waals surface area contributed by atoms with E-state index in [1.165, 1.54) is 11.1 Å². The van der Waals surface area contributed by atoms with Crippen LogP contribution >= 0.6 is 0 Å². The van der Waals surface area contributed by atoms with Crippen molar-refractivity contribution in [3.05, 3.63) is 58.7 Å². The van der Waals surface area contributed by atoms with Gasteiger partial charge in [0.2, 0.25) is 0 Å². The molecule has 0 heterocycles. The summed E-state index contributed by atoms with van der Waals surface area (Å²) in [7, 11) is 0. The monoisotopic (exact) mass is 269 g/mol. The lowest BCUT2D eigenvalue weighted by molar-refractivity contribution is 0.461. The minimum atomic E-state index is 0.0108. The number of hydrogen-bond donors (Lipinski definition) is 1. The van der Waals surface area contributed by atoms with E-state index in [-0.39, 0.29) is 6.04 Å². The van der Waals surface area contributed by atoms with Crippen molar-refractivity contribution in [1.82, 2.24) is 0 Å². The molecule has 0 aromatic heterocycles. The molecule has 0 unspecified atom stereocenters. The van der Waals surface area contributed by atoms with E-state index in [9.17, 15) is 0 Å². The molecule has 0 amide bonds. The van der Waals surface area contributed by atoms with Crippen LogP contribution in [-0.2, 0) is 0 Å². The predicted octanol–water partition coefficient (Wildman–Crippen LogP) is 4.81. The summed E-state index contributed by atoms with van der Waals surface area (Å²) in [5.41, 5.74) is 10.8. The molecular formula is C18H23NO. The maximum atomic E-state index is 6.19. The third kappa shape index (κ3) is 2.86. The van der Waals surface area contributed by atoms with Gasteiger partial charge >= 0.3 is 0 Å². The van der Waals surface area contributed by atoms with E-state index in [4.69, 9.17) is 10.5 Å². The number of benzene rings is 2. The fourth-order valence-electron chi connectivity index (χ4n) is 2.29. The second-order valence-electron chi connectivity index (χ2n) is 5.31. The van der Waals surface area contributed by atoms with Gasteiger partial charge in [0, 0.05) is 11.6 Å². The highest BCUT2D eigenvalue weighted by Crippen LogP contribution is 2.34. The average Bonchev–Trinajstić information content (AvgIpc) is 2.47. The van der Waals surface area contributed by atoms with Crippen LogP contribution in [0.2, 0.25) is 0 Å². The zero-order valence-corrected chi connectivity index (χ0v) is 12.7. The molecule has 0 saturated carbocycles. The molecule has 0 aliphatic carbocycles. The minimum Gasteiger partial charge on any atom is -0.456 e. The van der Waals surface area contributed by atoms with Crippen molar-refractivity contribution in [2.24, 2.45) is 5.73 Å². The smallest absolute Gasteiger partial charge is 0.133 e. The van der Waals surface area contributed by atoms with E-state index >= 15 is 0 Å². The minimum absolute atomic E-state index is 0.0108. The van der Waals surface area contributed by atoms with Gasteiger partial charge in [-0.3, -0.25) is 0 Å². The fraction of sp³-hybridized carbons (Fsp3) is 0.333. The van der Waals surface area contributed by atoms with Gasteiger partial charge in [-0.2, -0.15) is 0 Å². The summed E-state index contributed by atoms with van der Waals surface area (Å²) in [6, 6.07) is 12.3. The van der Waals surface area contributed by atoms with Gasteiger partial charge in [-0.25, -0.2) is 0 Å². The quantitative estimate of drug-likeness (QED) is 0.864. The number of nitrogens with two attached hydrogens (primary N) is 1. The Bertz CT molecular complexity index is 604. The van der Waals surface area contributed by atoms with Crippen molar-refractivity contribution in [3.8, 4) is 11.5 Å². The summed E-state index contributed by atoms with van der Waals surface area (Å²) in [6.45, 7) is 8.36. The summed E-state index contributed by atoms with van der Waals surface area (Å²) < 4.78 is 6.19. The van der Waals surface area contributed by atoms with Crippen LogP contribution in [0.15, 0.2) is 36.4 Å². The summed E-state index contributed by atoms with van der Waals surface area (Å²) >= 11 is 0. The molecule has 2 aromatic rings. The van der Waals surface area contributed by atoms with Crippen LogP contribution in [0, 0.1) is 20.8 Å². The number of rotatable bonds is 4. The Kier molecular flexibility index (Phi) is 4.46. The largest absolute Gasteiger partial charge is 0.456 e. The molecular weight excluding hydrogens is 246 g/mol. The second kappa shape index (κ2) is 6.10. The average molecular weight is 269 g/mol. The maximum Gasteiger partial charge on any atom is 0.133 e. The first-order chi connectivity index (χ1) is 9.54. The lowest BCUT2D eigenvalue weighted by Gasteiger charge is -2.18. The first-order valence-corrected chi connectivity index (χ1v) is 7.13. The van der Waals surface area contributed by atoms with Crippen LogP contribution in [-0.4, -0.2) is 0 Å². The fourth-order valence-corrected chi connectivity index (χ4v) is 2.29. The molecule has 2 rings (SSSR count). The number of hydrogen-bond acceptors (Lipinski definition) is 2. The third-order valence-corrected chi connectivity index (χ3v) is 3.84. The standard InChI is InChI=1S/C18H23NO/c1-5-16(19)15-8-6-7-9-17(15)20-18-13(3)11-10-12(2)14(18)4/h6-11,16H,5,19H2,1-4H3/t16-/m1/s1. The van der Waals surface area contributed by atoms with Gasteiger partial charge in [-0.05, 0) is 49.9 Å². The molecule has 0 fully saturated rings. The van der Waals surface area contributed by atoms with Gasteiger partial charge in [0.25, 0.3) is 0 Å². The molecule has 2 nitrogen and oxygen atoms in total. The van der Waals surface area contributed by atoms with Gasteiger partial charge in [0.1, 0.15) is 11.5 Å². The topological polar surface area (TPSA) is 35.2 Å². The highest BCUT2D eigenvalue weighted by molar-refractivity contribution is 5.48. The Morgan fingerprint density at radius 1 is 1.00 bits per heavy atom. The zero-order chi connectivity index (χ0) is 14.7. The molecule has 2 aromatic carbocycles. The maximum absolute atomic E-state index is 6.19. The van der Waals surface area contributed by atoms with Gasteiger partial charge < -0.3 is 10.5 Å². The molecule has 106 valence electrons. The van der Waals surface area contributed by atoms with Crippen molar-refractivity contribution < 1.29 is 4.74 Å². The van der Waals surface area contributed by atoms with E-state index in [0.29, 0.717) is 0 Å². The zero-order valence-electron chi connectivity index (χ0n) is 12.7. The Hall–Kier alpha value is -1.80. The van der Waals surface area contributed by atoms with Crippen LogP contribution in [0.3, 0.4) is 0 Å². The lowest BCUT2D eigenvalue weighted by atomic mass is 10.0. The summed E-state index contributed by atoms with van der Waals surface area (Å²) in [5.74, 6) is 1.81. The lowest BCUT2D eigenvalue weighted by Crippen LogP contribution is -2.10. The molecule has 0 spiro atoms. The normalized spacial score (nSPS) is 12.2. The van der Waals surface area contributed by atoms with Gasteiger partial charge in [0.15, 0.2) is 0 Å². The van der Waals surface area contributed by atoms with Crippen LogP contribution < -0.4 is 10.5 Å². The predicted molar refractivity (Wildman–Crippen MR) is 84.4 cm³/mol. The highest BCUT2D eigenvalue weighted by Gasteiger charge is 2.13.